The lowest BCUT2D eigenvalue weighted by atomic mass is 10.2. The van der Waals surface area contributed by atoms with Crippen molar-refractivity contribution < 1.29 is 8.42 Å². The van der Waals surface area contributed by atoms with Gasteiger partial charge in [-0.2, -0.15) is 5.10 Å². The number of aryl methyl sites for hydroxylation is 1. The van der Waals surface area contributed by atoms with Gasteiger partial charge >= 0.3 is 0 Å². The predicted molar refractivity (Wildman–Crippen MR) is 103 cm³/mol. The molecule has 1 aromatic carbocycles. The number of sulfonamides is 1. The lowest BCUT2D eigenvalue weighted by Gasteiger charge is -2.08. The molecule has 142 valence electrons. The van der Waals surface area contributed by atoms with E-state index in [0.29, 0.717) is 18.2 Å². The van der Waals surface area contributed by atoms with Crippen molar-refractivity contribution in [2.24, 2.45) is 0 Å². The van der Waals surface area contributed by atoms with Crippen LogP contribution in [0.4, 0.5) is 5.82 Å². The molecule has 0 radical (unpaired) electrons. The number of benzene rings is 1. The van der Waals surface area contributed by atoms with Gasteiger partial charge in [-0.3, -0.25) is 0 Å². The maximum Gasteiger partial charge on any atom is 0.240 e. The van der Waals surface area contributed by atoms with Crippen LogP contribution < -0.4 is 10.0 Å². The van der Waals surface area contributed by atoms with E-state index in [1.165, 1.54) is 0 Å². The van der Waals surface area contributed by atoms with Crippen LogP contribution in [-0.4, -0.2) is 41.5 Å². The van der Waals surface area contributed by atoms with E-state index in [0.717, 1.165) is 17.0 Å². The molecule has 0 fully saturated rings. The Balaban J connectivity index is 1.56. The van der Waals surface area contributed by atoms with E-state index < -0.39 is 10.0 Å². The van der Waals surface area contributed by atoms with E-state index >= 15 is 0 Å². The van der Waals surface area contributed by atoms with Gasteiger partial charge in [-0.1, -0.05) is 18.2 Å². The summed E-state index contributed by atoms with van der Waals surface area (Å²) in [5.41, 5.74) is 3.12. The highest BCUT2D eigenvalue weighted by Gasteiger charge is 2.12. The Morgan fingerprint density at radius 2 is 1.70 bits per heavy atom. The average Bonchev–Trinajstić information content (AvgIpc) is 2.94. The highest BCUT2D eigenvalue weighted by atomic mass is 32.2. The largest absolute Gasteiger partial charge is 0.367 e. The molecule has 0 amide bonds. The first-order valence-corrected chi connectivity index (χ1v) is 10.0. The standard InChI is InChI=1S/C18H22N6O2S/c1-13-14(2)23-24(15(13)3)18-10-9-17(21-22-18)19-11-12-20-27(25,26)16-7-5-4-6-8-16/h4-10,20H,11-12H2,1-3H3,(H,19,21). The average molecular weight is 386 g/mol. The maximum atomic E-state index is 12.1. The van der Waals surface area contributed by atoms with Crippen molar-refractivity contribution in [1.29, 1.82) is 0 Å². The number of hydrogen-bond acceptors (Lipinski definition) is 6. The summed E-state index contributed by atoms with van der Waals surface area (Å²) >= 11 is 0. The molecule has 2 N–H and O–H groups in total. The summed E-state index contributed by atoms with van der Waals surface area (Å²) in [5.74, 6) is 1.20. The molecule has 0 atom stereocenters. The van der Waals surface area contributed by atoms with Gasteiger partial charge in [-0.15, -0.1) is 10.2 Å². The Kier molecular flexibility index (Phi) is 5.52. The Hall–Kier alpha value is -2.78. The van der Waals surface area contributed by atoms with Crippen LogP contribution in [0, 0.1) is 20.8 Å². The van der Waals surface area contributed by atoms with Gasteiger partial charge in [-0.25, -0.2) is 17.8 Å². The minimum absolute atomic E-state index is 0.233. The number of rotatable bonds is 7. The molecule has 0 saturated carbocycles. The third-order valence-corrected chi connectivity index (χ3v) is 5.77. The van der Waals surface area contributed by atoms with Crippen LogP contribution in [0.25, 0.3) is 5.82 Å². The molecular weight excluding hydrogens is 364 g/mol. The van der Waals surface area contributed by atoms with Crippen molar-refractivity contribution in [3.8, 4) is 5.82 Å². The van der Waals surface area contributed by atoms with Crippen LogP contribution in [0.1, 0.15) is 17.0 Å². The molecule has 3 rings (SSSR count). The van der Waals surface area contributed by atoms with Crippen LogP contribution in [0.3, 0.4) is 0 Å². The second kappa shape index (κ2) is 7.85. The maximum absolute atomic E-state index is 12.1. The Labute approximate surface area is 158 Å². The van der Waals surface area contributed by atoms with Crippen molar-refractivity contribution in [3.05, 3.63) is 59.4 Å². The molecule has 0 bridgehead atoms. The first-order valence-electron chi connectivity index (χ1n) is 8.54. The molecule has 3 aromatic rings. The minimum Gasteiger partial charge on any atom is -0.367 e. The second-order valence-electron chi connectivity index (χ2n) is 6.12. The van der Waals surface area contributed by atoms with Gasteiger partial charge < -0.3 is 5.32 Å². The fraction of sp³-hybridized carbons (Fsp3) is 0.278. The molecule has 0 saturated heterocycles. The number of hydrogen-bond donors (Lipinski definition) is 2. The zero-order valence-corrected chi connectivity index (χ0v) is 16.3. The fourth-order valence-corrected chi connectivity index (χ4v) is 3.59. The Morgan fingerprint density at radius 3 is 2.30 bits per heavy atom. The van der Waals surface area contributed by atoms with Gasteiger partial charge in [0.25, 0.3) is 0 Å². The van der Waals surface area contributed by atoms with Gasteiger partial charge in [-0.05, 0) is 50.6 Å². The Bertz CT molecular complexity index is 1010. The predicted octanol–water partition coefficient (Wildman–Crippen LogP) is 1.98. The number of nitrogens with zero attached hydrogens (tertiary/aromatic N) is 4. The lowest BCUT2D eigenvalue weighted by molar-refractivity contribution is 0.583. The molecular formula is C18H22N6O2S. The van der Waals surface area contributed by atoms with E-state index in [2.05, 4.69) is 25.3 Å². The molecule has 0 unspecified atom stereocenters. The van der Waals surface area contributed by atoms with E-state index in [1.807, 2.05) is 26.8 Å². The van der Waals surface area contributed by atoms with Crippen LogP contribution >= 0.6 is 0 Å². The molecule has 0 aliphatic heterocycles. The summed E-state index contributed by atoms with van der Waals surface area (Å²) in [5, 5.41) is 15.8. The molecule has 2 heterocycles. The van der Waals surface area contributed by atoms with Crippen LogP contribution in [-0.2, 0) is 10.0 Å². The quantitative estimate of drug-likeness (QED) is 0.602. The van der Waals surface area contributed by atoms with Gasteiger partial charge in [0.2, 0.25) is 10.0 Å². The molecule has 8 nitrogen and oxygen atoms in total. The first kappa shape index (κ1) is 19.0. The zero-order valence-electron chi connectivity index (χ0n) is 15.5. The third kappa shape index (κ3) is 4.32. The monoisotopic (exact) mass is 386 g/mol. The number of nitrogens with one attached hydrogen (secondary N) is 2. The van der Waals surface area contributed by atoms with Crippen molar-refractivity contribution in [1.82, 2.24) is 24.7 Å². The van der Waals surface area contributed by atoms with Crippen LogP contribution in [0.15, 0.2) is 47.4 Å². The normalized spacial score (nSPS) is 11.5. The highest BCUT2D eigenvalue weighted by Crippen LogP contribution is 2.15. The molecule has 2 aromatic heterocycles. The van der Waals surface area contributed by atoms with Crippen molar-refractivity contribution >= 4 is 15.8 Å². The van der Waals surface area contributed by atoms with Crippen molar-refractivity contribution in [2.75, 3.05) is 18.4 Å². The van der Waals surface area contributed by atoms with E-state index in [4.69, 9.17) is 0 Å². The lowest BCUT2D eigenvalue weighted by Crippen LogP contribution is -2.29. The van der Waals surface area contributed by atoms with Gasteiger partial charge in [0, 0.05) is 18.8 Å². The summed E-state index contributed by atoms with van der Waals surface area (Å²) in [7, 11) is -3.50. The highest BCUT2D eigenvalue weighted by molar-refractivity contribution is 7.89. The van der Waals surface area contributed by atoms with Crippen molar-refractivity contribution in [3.63, 3.8) is 0 Å². The topological polar surface area (TPSA) is 102 Å². The third-order valence-electron chi connectivity index (χ3n) is 4.30. The molecule has 0 aliphatic rings. The molecule has 27 heavy (non-hydrogen) atoms. The molecule has 9 heteroatoms. The van der Waals surface area contributed by atoms with Gasteiger partial charge in [0.1, 0.15) is 5.82 Å². The van der Waals surface area contributed by atoms with Crippen LogP contribution in [0.2, 0.25) is 0 Å². The summed E-state index contributed by atoms with van der Waals surface area (Å²) in [6.07, 6.45) is 0. The Morgan fingerprint density at radius 1 is 0.963 bits per heavy atom. The summed E-state index contributed by atoms with van der Waals surface area (Å²) in [6, 6.07) is 11.9. The number of anilines is 1. The SMILES string of the molecule is Cc1nn(-c2ccc(NCCNS(=O)(=O)c3ccccc3)nn2)c(C)c1C. The minimum atomic E-state index is -3.50. The van der Waals surface area contributed by atoms with E-state index in [-0.39, 0.29) is 11.4 Å². The van der Waals surface area contributed by atoms with E-state index in [1.54, 1.807) is 41.1 Å². The zero-order chi connectivity index (χ0) is 19.4. The summed E-state index contributed by atoms with van der Waals surface area (Å²) < 4.78 is 28.6. The number of aromatic nitrogens is 4. The molecule has 0 spiro atoms. The van der Waals surface area contributed by atoms with Crippen LogP contribution in [0.5, 0.6) is 0 Å². The fourth-order valence-electron chi connectivity index (χ4n) is 2.54. The van der Waals surface area contributed by atoms with Gasteiger partial charge in [0.15, 0.2) is 5.82 Å². The summed E-state index contributed by atoms with van der Waals surface area (Å²) in [4.78, 5) is 0.245. The van der Waals surface area contributed by atoms with Gasteiger partial charge in [0.05, 0.1) is 10.6 Å². The first-order chi connectivity index (χ1) is 12.9. The van der Waals surface area contributed by atoms with E-state index in [9.17, 15) is 8.42 Å². The second-order valence-corrected chi connectivity index (χ2v) is 7.89. The smallest absolute Gasteiger partial charge is 0.240 e. The summed E-state index contributed by atoms with van der Waals surface area (Å²) in [6.45, 7) is 6.59. The van der Waals surface area contributed by atoms with Crippen molar-refractivity contribution in [2.45, 2.75) is 25.7 Å². The molecule has 0 aliphatic carbocycles.